The third kappa shape index (κ3) is 2.94. The molecule has 2 N–H and O–H groups in total. The predicted octanol–water partition coefficient (Wildman–Crippen LogP) is 4.76. The summed E-state index contributed by atoms with van der Waals surface area (Å²) < 4.78 is 43.8. The van der Waals surface area contributed by atoms with E-state index >= 15 is 4.39 Å². The number of carbonyl (C=O) groups excluding carboxylic acids is 1. The van der Waals surface area contributed by atoms with Crippen molar-refractivity contribution in [1.29, 1.82) is 0 Å². The highest BCUT2D eigenvalue weighted by molar-refractivity contribution is 6.06. The molecule has 0 fully saturated rings. The quantitative estimate of drug-likeness (QED) is 0.639. The summed E-state index contributed by atoms with van der Waals surface area (Å²) in [6.07, 6.45) is 0. The molecule has 3 rings (SSSR count). The summed E-state index contributed by atoms with van der Waals surface area (Å²) in [5.74, 6) is -7.23. The van der Waals surface area contributed by atoms with Gasteiger partial charge in [-0.25, -0.2) is 13.2 Å². The van der Waals surface area contributed by atoms with Crippen LogP contribution in [0.1, 0.15) is 42.4 Å². The molecule has 3 aromatic rings. The standard InChI is InChI=1S/C22H20F3NO4/c1-10(2)22(4,21(29)30)17-11(3)26(20(28)12-6-5-7-13(23)8-12)15-9-14(24)19(27)18(25)16(15)17/h5-10,27H,1-4H3,(H,29,30)/t22-/m1/s1. The summed E-state index contributed by atoms with van der Waals surface area (Å²) in [5.41, 5.74) is -2.00. The van der Waals surface area contributed by atoms with Crippen LogP contribution >= 0.6 is 0 Å². The van der Waals surface area contributed by atoms with E-state index in [9.17, 15) is 28.6 Å². The number of fused-ring (bicyclic) bond motifs is 1. The molecule has 5 nitrogen and oxygen atoms in total. The molecular weight excluding hydrogens is 399 g/mol. The molecule has 1 aromatic heterocycles. The molecule has 0 amide bonds. The molecule has 0 spiro atoms. The number of aromatic nitrogens is 1. The summed E-state index contributed by atoms with van der Waals surface area (Å²) in [7, 11) is 0. The van der Waals surface area contributed by atoms with Crippen molar-refractivity contribution in [2.45, 2.75) is 33.1 Å². The minimum absolute atomic E-state index is 0.0572. The maximum absolute atomic E-state index is 15.0. The highest BCUT2D eigenvalue weighted by Gasteiger charge is 2.44. The molecule has 0 aliphatic rings. The van der Waals surface area contributed by atoms with Gasteiger partial charge in [-0.15, -0.1) is 0 Å². The van der Waals surface area contributed by atoms with Gasteiger partial charge in [-0.05, 0) is 38.0 Å². The molecule has 1 heterocycles. The lowest BCUT2D eigenvalue weighted by atomic mass is 9.72. The van der Waals surface area contributed by atoms with E-state index in [1.165, 1.54) is 26.0 Å². The van der Waals surface area contributed by atoms with Gasteiger partial charge in [0, 0.05) is 28.3 Å². The number of carboxylic acids is 1. The largest absolute Gasteiger partial charge is 0.503 e. The predicted molar refractivity (Wildman–Crippen MR) is 104 cm³/mol. The van der Waals surface area contributed by atoms with Gasteiger partial charge < -0.3 is 10.2 Å². The molecule has 8 heteroatoms. The fourth-order valence-electron chi connectivity index (χ4n) is 3.77. The zero-order valence-corrected chi connectivity index (χ0v) is 16.8. The lowest BCUT2D eigenvalue weighted by molar-refractivity contribution is -0.145. The smallest absolute Gasteiger partial charge is 0.314 e. The van der Waals surface area contributed by atoms with Crippen LogP contribution in [0.15, 0.2) is 30.3 Å². The molecule has 0 saturated heterocycles. The van der Waals surface area contributed by atoms with Crippen LogP contribution in [-0.2, 0) is 10.2 Å². The number of carbonyl (C=O) groups is 2. The topological polar surface area (TPSA) is 79.5 Å². The SMILES string of the molecule is Cc1c([C@](C)(C(=O)O)C(C)C)c2c(F)c(O)c(F)cc2n1C(=O)c1cccc(F)c1. The Morgan fingerprint density at radius 3 is 2.30 bits per heavy atom. The number of hydrogen-bond donors (Lipinski definition) is 2. The number of halogens is 3. The Bertz CT molecular complexity index is 1200. The average molecular weight is 419 g/mol. The van der Waals surface area contributed by atoms with Crippen molar-refractivity contribution >= 4 is 22.8 Å². The van der Waals surface area contributed by atoms with Crippen molar-refractivity contribution in [1.82, 2.24) is 4.57 Å². The molecule has 30 heavy (non-hydrogen) atoms. The van der Waals surface area contributed by atoms with Crippen LogP contribution in [0, 0.1) is 30.3 Å². The highest BCUT2D eigenvalue weighted by Crippen LogP contribution is 2.44. The van der Waals surface area contributed by atoms with Crippen molar-refractivity contribution in [2.24, 2.45) is 5.92 Å². The number of aromatic hydroxyl groups is 1. The Morgan fingerprint density at radius 2 is 1.77 bits per heavy atom. The first kappa shape index (κ1) is 21.4. The van der Waals surface area contributed by atoms with Crippen LogP contribution in [-0.4, -0.2) is 26.7 Å². The third-order valence-corrected chi connectivity index (χ3v) is 5.75. The Morgan fingerprint density at radius 1 is 1.13 bits per heavy atom. The van der Waals surface area contributed by atoms with Crippen LogP contribution in [0.25, 0.3) is 10.9 Å². The summed E-state index contributed by atoms with van der Waals surface area (Å²) in [6, 6.07) is 5.53. The molecule has 158 valence electrons. The van der Waals surface area contributed by atoms with Gasteiger partial charge in [-0.3, -0.25) is 14.2 Å². The van der Waals surface area contributed by atoms with Crippen molar-refractivity contribution in [3.8, 4) is 5.75 Å². The number of benzene rings is 2. The lowest BCUT2D eigenvalue weighted by Gasteiger charge is -2.30. The van der Waals surface area contributed by atoms with E-state index in [0.29, 0.717) is 0 Å². The molecular formula is C22H20F3NO4. The molecule has 0 bridgehead atoms. The van der Waals surface area contributed by atoms with Gasteiger partial charge in [-0.1, -0.05) is 19.9 Å². The van der Waals surface area contributed by atoms with Gasteiger partial charge in [0.05, 0.1) is 10.9 Å². The monoisotopic (exact) mass is 419 g/mol. The van der Waals surface area contributed by atoms with Crippen LogP contribution in [0.5, 0.6) is 5.75 Å². The molecule has 0 radical (unpaired) electrons. The van der Waals surface area contributed by atoms with E-state index in [1.54, 1.807) is 13.8 Å². The molecule has 2 aromatic carbocycles. The van der Waals surface area contributed by atoms with Gasteiger partial charge in [0.25, 0.3) is 5.91 Å². The number of carboxylic acid groups (broad SMARTS) is 1. The molecule has 1 atom stereocenters. The second kappa shape index (κ2) is 7.19. The number of phenols is 1. The van der Waals surface area contributed by atoms with Gasteiger partial charge in [0.15, 0.2) is 17.4 Å². The highest BCUT2D eigenvalue weighted by atomic mass is 19.1. The van der Waals surface area contributed by atoms with Gasteiger partial charge >= 0.3 is 5.97 Å². The minimum atomic E-state index is -1.67. The summed E-state index contributed by atoms with van der Waals surface area (Å²) in [6.45, 7) is 6.02. The molecule has 0 saturated carbocycles. The van der Waals surface area contributed by atoms with Gasteiger partial charge in [0.1, 0.15) is 5.82 Å². The zero-order valence-electron chi connectivity index (χ0n) is 16.8. The van der Waals surface area contributed by atoms with E-state index in [1.807, 2.05) is 0 Å². The minimum Gasteiger partial charge on any atom is -0.503 e. The first-order chi connectivity index (χ1) is 13.9. The zero-order chi connectivity index (χ0) is 22.5. The summed E-state index contributed by atoms with van der Waals surface area (Å²) in [4.78, 5) is 25.4. The van der Waals surface area contributed by atoms with E-state index in [4.69, 9.17) is 0 Å². The average Bonchev–Trinajstić information content (AvgIpc) is 2.96. The van der Waals surface area contributed by atoms with E-state index < -0.39 is 46.4 Å². The van der Waals surface area contributed by atoms with Crippen LogP contribution in [0.4, 0.5) is 13.2 Å². The Hall–Kier alpha value is -3.29. The Labute approximate surface area is 170 Å². The maximum Gasteiger partial charge on any atom is 0.314 e. The van der Waals surface area contributed by atoms with Crippen LogP contribution in [0.3, 0.4) is 0 Å². The van der Waals surface area contributed by atoms with Crippen molar-refractivity contribution in [2.75, 3.05) is 0 Å². The normalized spacial score (nSPS) is 13.6. The fourth-order valence-corrected chi connectivity index (χ4v) is 3.77. The Kier molecular flexibility index (Phi) is 5.14. The molecule has 0 aliphatic heterocycles. The number of hydrogen-bond acceptors (Lipinski definition) is 3. The van der Waals surface area contributed by atoms with E-state index in [-0.39, 0.29) is 27.7 Å². The van der Waals surface area contributed by atoms with Crippen molar-refractivity contribution in [3.63, 3.8) is 0 Å². The first-order valence-corrected chi connectivity index (χ1v) is 9.19. The van der Waals surface area contributed by atoms with Crippen LogP contribution < -0.4 is 0 Å². The summed E-state index contributed by atoms with van der Waals surface area (Å²) >= 11 is 0. The number of nitrogens with zero attached hydrogens (tertiary/aromatic N) is 1. The first-order valence-electron chi connectivity index (χ1n) is 9.19. The summed E-state index contributed by atoms with van der Waals surface area (Å²) in [5, 5.41) is 19.4. The van der Waals surface area contributed by atoms with Crippen LogP contribution in [0.2, 0.25) is 0 Å². The number of phenolic OH excluding ortho intramolecular Hbond substituents is 1. The van der Waals surface area contributed by atoms with E-state index in [0.717, 1.165) is 22.8 Å². The van der Waals surface area contributed by atoms with Crippen molar-refractivity contribution < 1.29 is 33.0 Å². The molecule has 0 unspecified atom stereocenters. The number of rotatable bonds is 4. The second-order valence-corrected chi connectivity index (χ2v) is 7.69. The lowest BCUT2D eigenvalue weighted by Crippen LogP contribution is -2.38. The van der Waals surface area contributed by atoms with Crippen molar-refractivity contribution in [3.05, 3.63) is 64.6 Å². The maximum atomic E-state index is 15.0. The number of aliphatic carboxylic acids is 1. The third-order valence-electron chi connectivity index (χ3n) is 5.75. The van der Waals surface area contributed by atoms with Gasteiger partial charge in [-0.2, -0.15) is 0 Å². The Balaban J connectivity index is 2.51. The van der Waals surface area contributed by atoms with Gasteiger partial charge in [0.2, 0.25) is 0 Å². The fraction of sp³-hybridized carbons (Fsp3) is 0.273. The molecule has 0 aliphatic carbocycles. The second-order valence-electron chi connectivity index (χ2n) is 7.69. The van der Waals surface area contributed by atoms with E-state index in [2.05, 4.69) is 0 Å².